The highest BCUT2D eigenvalue weighted by Crippen LogP contribution is 2.50. The zero-order valence-corrected chi connectivity index (χ0v) is 18.3. The first kappa shape index (κ1) is 23.4. The van der Waals surface area contributed by atoms with Gasteiger partial charge in [-0.2, -0.15) is 0 Å². The predicted molar refractivity (Wildman–Crippen MR) is 119 cm³/mol. The Labute approximate surface area is 189 Å². The SMILES string of the molecule is CC1(C)S[C@@H]2[C@H](NC(=O)[C@H](N)c3ccccc3)C(=O)N2[C@H]1C(=O)O.Oc1ccccc1O. The number of phenols is 2. The molecule has 10 heteroatoms. The summed E-state index contributed by atoms with van der Waals surface area (Å²) >= 11 is 1.38. The summed E-state index contributed by atoms with van der Waals surface area (Å²) in [6, 6.07) is 12.5. The van der Waals surface area contributed by atoms with E-state index in [9.17, 15) is 19.5 Å². The Morgan fingerprint density at radius 1 is 1.06 bits per heavy atom. The van der Waals surface area contributed by atoms with Crippen molar-refractivity contribution < 1.29 is 29.7 Å². The number of carbonyl (C=O) groups is 3. The van der Waals surface area contributed by atoms with Crippen LogP contribution in [0.3, 0.4) is 0 Å². The lowest BCUT2D eigenvalue weighted by atomic mass is 9.95. The van der Waals surface area contributed by atoms with Gasteiger partial charge in [0, 0.05) is 4.75 Å². The van der Waals surface area contributed by atoms with Gasteiger partial charge >= 0.3 is 5.97 Å². The number of nitrogens with two attached hydrogens (primary N) is 1. The normalized spacial score (nSPS) is 23.8. The van der Waals surface area contributed by atoms with Crippen LogP contribution in [0, 0.1) is 0 Å². The number of phenolic OH excluding ortho intramolecular Hbond substituents is 2. The van der Waals surface area contributed by atoms with Crippen molar-refractivity contribution in [3.63, 3.8) is 0 Å². The number of nitrogens with one attached hydrogen (secondary N) is 1. The molecule has 4 atom stereocenters. The molecule has 2 amide bonds. The standard InChI is InChI=1S/C16H19N3O4S.C6H6O2/c1-16(2)11(15(22)23)19-13(21)10(14(19)24-16)18-12(20)9(17)8-6-4-3-5-7-8;7-5-3-1-2-4-6(5)8/h3-7,9-11,14H,17H2,1-2H3,(H,18,20)(H,22,23);1-4,7-8H/t9-,10-,11+,14-;/m1./s1. The molecule has 0 aromatic heterocycles. The number of para-hydroxylation sites is 2. The van der Waals surface area contributed by atoms with Crippen LogP contribution in [-0.4, -0.2) is 60.2 Å². The third-order valence-electron chi connectivity index (χ3n) is 5.30. The second-order valence-corrected chi connectivity index (χ2v) is 9.73. The first-order valence-corrected chi connectivity index (χ1v) is 10.7. The maximum absolute atomic E-state index is 12.3. The number of nitrogens with zero attached hydrogens (tertiary/aromatic N) is 1. The number of hydrogen-bond donors (Lipinski definition) is 5. The van der Waals surface area contributed by atoms with Gasteiger partial charge in [-0.3, -0.25) is 9.59 Å². The molecule has 9 nitrogen and oxygen atoms in total. The van der Waals surface area contributed by atoms with Crippen molar-refractivity contribution in [2.24, 2.45) is 5.73 Å². The quantitative estimate of drug-likeness (QED) is 0.340. The van der Waals surface area contributed by atoms with Gasteiger partial charge in [0.05, 0.1) is 0 Å². The van der Waals surface area contributed by atoms with Crippen molar-refractivity contribution in [3.8, 4) is 11.5 Å². The first-order chi connectivity index (χ1) is 15.0. The Morgan fingerprint density at radius 3 is 2.09 bits per heavy atom. The summed E-state index contributed by atoms with van der Waals surface area (Å²) < 4.78 is -0.618. The molecule has 0 aliphatic carbocycles. The molecule has 0 saturated carbocycles. The molecule has 2 aromatic rings. The molecule has 0 radical (unpaired) electrons. The molecule has 2 fully saturated rings. The topological polar surface area (TPSA) is 153 Å². The fourth-order valence-electron chi connectivity index (χ4n) is 3.66. The molecule has 32 heavy (non-hydrogen) atoms. The van der Waals surface area contributed by atoms with Crippen LogP contribution in [0.25, 0.3) is 0 Å². The average molecular weight is 460 g/mol. The van der Waals surface area contributed by atoms with E-state index in [1.807, 2.05) is 6.07 Å². The van der Waals surface area contributed by atoms with Crippen molar-refractivity contribution in [2.45, 2.75) is 42.1 Å². The van der Waals surface area contributed by atoms with E-state index < -0.39 is 34.7 Å². The molecule has 2 aromatic carbocycles. The second-order valence-electron chi connectivity index (χ2n) is 7.96. The number of carbonyl (C=O) groups excluding carboxylic acids is 2. The molecular formula is C22H25N3O6S. The number of carboxylic acid groups (broad SMARTS) is 1. The van der Waals surface area contributed by atoms with Gasteiger partial charge in [0.25, 0.3) is 0 Å². The minimum Gasteiger partial charge on any atom is -0.504 e. The molecule has 0 bridgehead atoms. The van der Waals surface area contributed by atoms with Gasteiger partial charge in [-0.15, -0.1) is 11.8 Å². The molecule has 170 valence electrons. The maximum atomic E-state index is 12.3. The molecule has 2 aliphatic rings. The number of amides is 2. The average Bonchev–Trinajstić information content (AvgIpc) is 3.02. The predicted octanol–water partition coefficient (Wildman–Crippen LogP) is 1.42. The largest absolute Gasteiger partial charge is 0.504 e. The second kappa shape index (κ2) is 9.09. The van der Waals surface area contributed by atoms with E-state index >= 15 is 0 Å². The summed E-state index contributed by atoms with van der Waals surface area (Å²) in [7, 11) is 0. The van der Waals surface area contributed by atoms with E-state index in [1.165, 1.54) is 28.8 Å². The van der Waals surface area contributed by atoms with Gasteiger partial charge in [0.15, 0.2) is 11.5 Å². The van der Waals surface area contributed by atoms with E-state index in [4.69, 9.17) is 15.9 Å². The Morgan fingerprint density at radius 2 is 1.59 bits per heavy atom. The third kappa shape index (κ3) is 4.51. The van der Waals surface area contributed by atoms with Crippen LogP contribution >= 0.6 is 11.8 Å². The van der Waals surface area contributed by atoms with Gasteiger partial charge in [0.1, 0.15) is 23.5 Å². The number of aliphatic carboxylic acids is 1. The zero-order valence-electron chi connectivity index (χ0n) is 17.5. The number of benzene rings is 2. The molecule has 6 N–H and O–H groups in total. The number of fused-ring (bicyclic) bond motifs is 1. The molecule has 0 unspecified atom stereocenters. The van der Waals surface area contributed by atoms with Crippen molar-refractivity contribution in [3.05, 3.63) is 60.2 Å². The highest BCUT2D eigenvalue weighted by Gasteiger charge is 2.64. The van der Waals surface area contributed by atoms with Crippen molar-refractivity contribution in [2.75, 3.05) is 0 Å². The summed E-state index contributed by atoms with van der Waals surface area (Å²) in [5.74, 6) is -2.01. The summed E-state index contributed by atoms with van der Waals surface area (Å²) in [4.78, 5) is 37.5. The fraction of sp³-hybridized carbons (Fsp3) is 0.318. The van der Waals surface area contributed by atoms with Gasteiger partial charge in [-0.1, -0.05) is 42.5 Å². The van der Waals surface area contributed by atoms with Crippen molar-refractivity contribution >= 4 is 29.5 Å². The van der Waals surface area contributed by atoms with E-state index in [-0.39, 0.29) is 22.8 Å². The van der Waals surface area contributed by atoms with E-state index in [1.54, 1.807) is 50.2 Å². The summed E-state index contributed by atoms with van der Waals surface area (Å²) in [6.07, 6.45) is 0. The smallest absolute Gasteiger partial charge is 0.327 e. The number of hydrogen-bond acceptors (Lipinski definition) is 7. The lowest BCUT2D eigenvalue weighted by Crippen LogP contribution is -2.71. The highest BCUT2D eigenvalue weighted by molar-refractivity contribution is 8.01. The van der Waals surface area contributed by atoms with Crippen LogP contribution in [0.2, 0.25) is 0 Å². The minimum atomic E-state index is -1.03. The number of β-lactam (4-membered cyclic amide) rings is 1. The molecule has 2 aliphatic heterocycles. The Bertz CT molecular complexity index is 995. The zero-order chi connectivity index (χ0) is 23.6. The number of thioether (sulfide) groups is 1. The highest BCUT2D eigenvalue weighted by atomic mass is 32.2. The monoisotopic (exact) mass is 459 g/mol. The molecule has 0 spiro atoms. The van der Waals surface area contributed by atoms with Crippen LogP contribution in [0.15, 0.2) is 54.6 Å². The van der Waals surface area contributed by atoms with Gasteiger partial charge < -0.3 is 31.3 Å². The summed E-state index contributed by atoms with van der Waals surface area (Å²) in [5.41, 5.74) is 6.59. The van der Waals surface area contributed by atoms with Crippen LogP contribution in [0.5, 0.6) is 11.5 Å². The molecule has 2 heterocycles. The fourth-order valence-corrected chi connectivity index (χ4v) is 5.29. The van der Waals surface area contributed by atoms with Crippen molar-refractivity contribution in [1.82, 2.24) is 10.2 Å². The van der Waals surface area contributed by atoms with E-state index in [0.717, 1.165) is 0 Å². The van der Waals surface area contributed by atoms with Gasteiger partial charge in [-0.25, -0.2) is 4.79 Å². The van der Waals surface area contributed by atoms with E-state index in [0.29, 0.717) is 5.56 Å². The molecule has 2 saturated heterocycles. The summed E-state index contributed by atoms with van der Waals surface area (Å²) in [5, 5.41) is 29.0. The van der Waals surface area contributed by atoms with Crippen molar-refractivity contribution in [1.29, 1.82) is 0 Å². The third-order valence-corrected chi connectivity index (χ3v) is 6.87. The van der Waals surface area contributed by atoms with Crippen LogP contribution in [-0.2, 0) is 14.4 Å². The van der Waals surface area contributed by atoms with E-state index in [2.05, 4.69) is 5.32 Å². The van der Waals surface area contributed by atoms with Crippen LogP contribution in [0.4, 0.5) is 0 Å². The van der Waals surface area contributed by atoms with Crippen LogP contribution in [0.1, 0.15) is 25.5 Å². The Kier molecular flexibility index (Phi) is 6.65. The minimum absolute atomic E-state index is 0.0764. The van der Waals surface area contributed by atoms with Gasteiger partial charge in [0.2, 0.25) is 11.8 Å². The number of aromatic hydroxyl groups is 2. The number of carboxylic acids is 1. The first-order valence-electron chi connectivity index (χ1n) is 9.85. The number of rotatable bonds is 4. The Hall–Kier alpha value is -3.24. The lowest BCUT2D eigenvalue weighted by molar-refractivity contribution is -0.161. The lowest BCUT2D eigenvalue weighted by Gasteiger charge is -2.43. The van der Waals surface area contributed by atoms with Crippen LogP contribution < -0.4 is 11.1 Å². The Balaban J connectivity index is 0.000000305. The molecule has 4 rings (SSSR count). The summed E-state index contributed by atoms with van der Waals surface area (Å²) in [6.45, 7) is 3.58. The maximum Gasteiger partial charge on any atom is 0.327 e. The molecular weight excluding hydrogens is 434 g/mol. The van der Waals surface area contributed by atoms with Gasteiger partial charge in [-0.05, 0) is 31.5 Å².